The molecule has 190 valence electrons. The molecule has 2 saturated heterocycles. The molecule has 0 aliphatic carbocycles. The lowest BCUT2D eigenvalue weighted by atomic mass is 9.92. The largest absolute Gasteiger partial charge is 0.459 e. The van der Waals surface area contributed by atoms with Gasteiger partial charge in [-0.1, -0.05) is 44.2 Å². The number of hydrogen-bond acceptors (Lipinski definition) is 6. The van der Waals surface area contributed by atoms with Crippen LogP contribution in [-0.4, -0.2) is 41.3 Å². The zero-order chi connectivity index (χ0) is 24.9. The van der Waals surface area contributed by atoms with Gasteiger partial charge in [-0.2, -0.15) is 9.97 Å². The van der Waals surface area contributed by atoms with Gasteiger partial charge in [-0.25, -0.2) is 0 Å². The first-order valence-corrected chi connectivity index (χ1v) is 13.5. The maximum Gasteiger partial charge on any atom is 0.232 e. The van der Waals surface area contributed by atoms with Crippen LogP contribution >= 0.6 is 12.2 Å². The second-order valence-corrected chi connectivity index (χ2v) is 10.7. The molecule has 36 heavy (non-hydrogen) atoms. The molecule has 0 saturated carbocycles. The number of anilines is 3. The summed E-state index contributed by atoms with van der Waals surface area (Å²) in [4.78, 5) is 14.5. The number of benzene rings is 1. The molecule has 4 heterocycles. The van der Waals surface area contributed by atoms with E-state index in [0.717, 1.165) is 54.9 Å². The summed E-state index contributed by atoms with van der Waals surface area (Å²) < 4.78 is 5.99. The molecule has 2 aliphatic heterocycles. The Labute approximate surface area is 219 Å². The normalized spacial score (nSPS) is 20.3. The molecule has 2 atom stereocenters. The van der Waals surface area contributed by atoms with E-state index in [1.807, 2.05) is 42.5 Å². The molecule has 3 aromatic rings. The summed E-state index contributed by atoms with van der Waals surface area (Å²) >= 11 is 5.60. The first-order chi connectivity index (χ1) is 17.5. The van der Waals surface area contributed by atoms with Crippen LogP contribution in [0, 0.1) is 11.8 Å². The highest BCUT2D eigenvalue weighted by atomic mass is 32.1. The molecule has 2 fully saturated rings. The number of furan rings is 1. The Morgan fingerprint density at radius 1 is 0.944 bits per heavy atom. The number of piperidine rings is 2. The number of nitrogens with zero attached hydrogens (tertiary/aromatic N) is 4. The Morgan fingerprint density at radius 3 is 2.36 bits per heavy atom. The fourth-order valence-electron chi connectivity index (χ4n) is 5.32. The summed E-state index contributed by atoms with van der Waals surface area (Å²) in [7, 11) is 0. The molecule has 2 aromatic heterocycles. The van der Waals surface area contributed by atoms with Gasteiger partial charge in [0.15, 0.2) is 5.11 Å². The van der Waals surface area contributed by atoms with Gasteiger partial charge in [0.25, 0.3) is 0 Å². The van der Waals surface area contributed by atoms with Crippen LogP contribution in [0.2, 0.25) is 0 Å². The van der Waals surface area contributed by atoms with Gasteiger partial charge >= 0.3 is 0 Å². The van der Waals surface area contributed by atoms with Crippen molar-refractivity contribution in [1.82, 2.24) is 15.3 Å². The van der Waals surface area contributed by atoms with Crippen molar-refractivity contribution in [2.45, 2.75) is 46.1 Å². The van der Waals surface area contributed by atoms with Gasteiger partial charge in [0, 0.05) is 37.8 Å². The van der Waals surface area contributed by atoms with Crippen LogP contribution in [0.5, 0.6) is 0 Å². The number of hydrogen-bond donors (Lipinski definition) is 2. The molecule has 0 bridgehead atoms. The third-order valence-corrected chi connectivity index (χ3v) is 7.19. The number of nitrogens with one attached hydrogen (secondary N) is 2. The quantitative estimate of drug-likeness (QED) is 0.415. The minimum atomic E-state index is 0.481. The summed E-state index contributed by atoms with van der Waals surface area (Å²) in [5.41, 5.74) is 1.06. The van der Waals surface area contributed by atoms with Crippen LogP contribution in [-0.2, 0) is 6.54 Å². The molecular weight excluding hydrogens is 468 g/mol. The van der Waals surface area contributed by atoms with Crippen molar-refractivity contribution in [2.24, 2.45) is 11.8 Å². The van der Waals surface area contributed by atoms with Crippen LogP contribution in [0.15, 0.2) is 52.9 Å². The van der Waals surface area contributed by atoms with Crippen molar-refractivity contribution in [3.05, 3.63) is 54.3 Å². The Bertz CT molecular complexity index is 1150. The summed E-state index contributed by atoms with van der Waals surface area (Å²) in [5, 5.41) is 6.96. The fraction of sp³-hybridized carbons (Fsp3) is 0.464. The van der Waals surface area contributed by atoms with E-state index >= 15 is 0 Å². The Kier molecular flexibility index (Phi) is 7.70. The number of aromatic nitrogens is 2. The molecule has 8 heteroatoms. The zero-order valence-electron chi connectivity index (χ0n) is 21.2. The number of thiocarbonyl (C=S) groups is 1. The molecule has 1 aromatic carbocycles. The highest BCUT2D eigenvalue weighted by molar-refractivity contribution is 7.80. The van der Waals surface area contributed by atoms with E-state index in [4.69, 9.17) is 26.6 Å². The third kappa shape index (κ3) is 6.16. The lowest BCUT2D eigenvalue weighted by Crippen LogP contribution is -2.40. The number of rotatable bonds is 6. The van der Waals surface area contributed by atoms with Gasteiger partial charge in [-0.15, -0.1) is 0 Å². The third-order valence-electron chi connectivity index (χ3n) is 6.94. The molecule has 5 rings (SSSR count). The van der Waals surface area contributed by atoms with Gasteiger partial charge in [0.05, 0.1) is 6.54 Å². The van der Waals surface area contributed by atoms with E-state index < -0.39 is 0 Å². The van der Waals surface area contributed by atoms with Crippen LogP contribution in [0.1, 0.15) is 45.3 Å². The fourth-order valence-corrected chi connectivity index (χ4v) is 5.48. The molecule has 0 spiro atoms. The van der Waals surface area contributed by atoms with E-state index in [0.29, 0.717) is 29.4 Å². The van der Waals surface area contributed by atoms with Gasteiger partial charge in [-0.3, -0.25) is 0 Å². The van der Waals surface area contributed by atoms with E-state index in [1.54, 1.807) is 0 Å². The highest BCUT2D eigenvalue weighted by Crippen LogP contribution is 2.29. The van der Waals surface area contributed by atoms with Gasteiger partial charge in [0.2, 0.25) is 5.95 Å². The maximum atomic E-state index is 5.99. The first-order valence-electron chi connectivity index (χ1n) is 13.1. The maximum absolute atomic E-state index is 5.99. The standard InChI is InChI=1S/C28H36N6OS/c1-20-15-21(2)19-34(18-20)26-16-25(33-13-7-4-8-14-33)30-27(31-26)32-28(36)29-17-23-11-12-24(35-23)22-9-5-3-6-10-22/h3,5-6,9-12,16,20-21H,4,7-8,13-15,17-19H2,1-2H3,(H2,29,30,31,32,36)/t20-,21+. The molecule has 2 aliphatic rings. The summed E-state index contributed by atoms with van der Waals surface area (Å²) in [6, 6.07) is 16.2. The Hall–Kier alpha value is -3.13. The van der Waals surface area contributed by atoms with E-state index in [2.05, 4.69) is 40.3 Å². The molecule has 0 unspecified atom stereocenters. The average Bonchev–Trinajstić information content (AvgIpc) is 3.37. The van der Waals surface area contributed by atoms with Crippen LogP contribution < -0.4 is 20.4 Å². The minimum Gasteiger partial charge on any atom is -0.459 e. The topological polar surface area (TPSA) is 69.5 Å². The van der Waals surface area contributed by atoms with Gasteiger partial charge in [-0.05, 0) is 61.9 Å². The summed E-state index contributed by atoms with van der Waals surface area (Å²) in [6.07, 6.45) is 4.95. The second kappa shape index (κ2) is 11.3. The van der Waals surface area contributed by atoms with E-state index in [9.17, 15) is 0 Å². The second-order valence-electron chi connectivity index (χ2n) is 10.2. The van der Waals surface area contributed by atoms with Gasteiger partial charge < -0.3 is 24.9 Å². The molecule has 0 amide bonds. The highest BCUT2D eigenvalue weighted by Gasteiger charge is 2.25. The van der Waals surface area contributed by atoms with Crippen molar-refractivity contribution in [3.8, 4) is 11.3 Å². The SMILES string of the molecule is C[C@@H]1C[C@H](C)CN(c2cc(N3CCCCC3)nc(NC(=S)NCc3ccc(-c4ccccc4)o3)n2)C1. The molecule has 2 N–H and O–H groups in total. The predicted octanol–water partition coefficient (Wildman–Crippen LogP) is 5.70. The molecular formula is C28H36N6OS. The Morgan fingerprint density at radius 2 is 1.64 bits per heavy atom. The minimum absolute atomic E-state index is 0.481. The average molecular weight is 505 g/mol. The lowest BCUT2D eigenvalue weighted by Gasteiger charge is -2.36. The zero-order valence-corrected chi connectivity index (χ0v) is 22.1. The van der Waals surface area contributed by atoms with Crippen LogP contribution in [0.3, 0.4) is 0 Å². The predicted molar refractivity (Wildman–Crippen MR) is 150 cm³/mol. The monoisotopic (exact) mass is 504 g/mol. The van der Waals surface area contributed by atoms with Crippen molar-refractivity contribution < 1.29 is 4.42 Å². The van der Waals surface area contributed by atoms with Crippen LogP contribution in [0.25, 0.3) is 11.3 Å². The van der Waals surface area contributed by atoms with E-state index in [-0.39, 0.29) is 0 Å². The van der Waals surface area contributed by atoms with E-state index in [1.165, 1.54) is 25.7 Å². The first kappa shape index (κ1) is 24.6. The molecule has 0 radical (unpaired) electrons. The smallest absolute Gasteiger partial charge is 0.232 e. The van der Waals surface area contributed by atoms with Gasteiger partial charge in [0.1, 0.15) is 23.2 Å². The van der Waals surface area contributed by atoms with Crippen molar-refractivity contribution >= 4 is 34.9 Å². The van der Waals surface area contributed by atoms with Crippen LogP contribution in [0.4, 0.5) is 17.6 Å². The summed E-state index contributed by atoms with van der Waals surface area (Å²) in [6.45, 7) is 9.24. The van der Waals surface area contributed by atoms with Crippen molar-refractivity contribution in [1.29, 1.82) is 0 Å². The Balaban J connectivity index is 1.28. The lowest BCUT2D eigenvalue weighted by molar-refractivity contribution is 0.355. The van der Waals surface area contributed by atoms with Crippen molar-refractivity contribution in [2.75, 3.05) is 41.3 Å². The summed E-state index contributed by atoms with van der Waals surface area (Å²) in [5.74, 6) is 5.46. The van der Waals surface area contributed by atoms with Crippen molar-refractivity contribution in [3.63, 3.8) is 0 Å². The molecule has 7 nitrogen and oxygen atoms in total.